The van der Waals surface area contributed by atoms with E-state index in [1.165, 1.54) is 6.07 Å². The van der Waals surface area contributed by atoms with Crippen molar-refractivity contribution < 1.29 is 18.7 Å². The lowest BCUT2D eigenvalue weighted by Crippen LogP contribution is -2.14. The molecule has 6 heteroatoms. The molecule has 31 heavy (non-hydrogen) atoms. The van der Waals surface area contributed by atoms with Gasteiger partial charge in [-0.25, -0.2) is 14.2 Å². The molecule has 0 N–H and O–H groups in total. The minimum absolute atomic E-state index is 0.183. The number of fused-ring (bicyclic) bond motifs is 1. The van der Waals surface area contributed by atoms with E-state index in [1.54, 1.807) is 44.5 Å². The molecule has 2 aromatic carbocycles. The van der Waals surface area contributed by atoms with Gasteiger partial charge in [-0.1, -0.05) is 29.8 Å². The Labute approximate surface area is 180 Å². The summed E-state index contributed by atoms with van der Waals surface area (Å²) in [6.07, 6.45) is 1.64. The van der Waals surface area contributed by atoms with Crippen LogP contribution in [-0.2, 0) is 11.3 Å². The summed E-state index contributed by atoms with van der Waals surface area (Å²) in [6, 6.07) is 16.1. The van der Waals surface area contributed by atoms with Crippen molar-refractivity contribution in [1.82, 2.24) is 9.55 Å². The zero-order valence-electron chi connectivity index (χ0n) is 17.7. The van der Waals surface area contributed by atoms with Crippen molar-refractivity contribution in [3.05, 3.63) is 83.4 Å². The first-order valence-corrected chi connectivity index (χ1v) is 10.1. The fourth-order valence-corrected chi connectivity index (χ4v) is 3.86. The van der Waals surface area contributed by atoms with Crippen LogP contribution in [0.2, 0.25) is 0 Å². The highest BCUT2D eigenvalue weighted by atomic mass is 19.1. The molecule has 0 radical (unpaired) electrons. The number of benzene rings is 2. The zero-order chi connectivity index (χ0) is 22.0. The molecule has 0 amide bonds. The van der Waals surface area contributed by atoms with Gasteiger partial charge in [0.2, 0.25) is 5.88 Å². The van der Waals surface area contributed by atoms with Gasteiger partial charge >= 0.3 is 5.97 Å². The second-order valence-electron chi connectivity index (χ2n) is 7.20. The predicted molar refractivity (Wildman–Crippen MR) is 118 cm³/mol. The van der Waals surface area contributed by atoms with Gasteiger partial charge in [-0.2, -0.15) is 0 Å². The molecule has 2 heterocycles. The number of hydrogen-bond acceptors (Lipinski definition) is 4. The minimum Gasteiger partial charge on any atom is -0.481 e. The van der Waals surface area contributed by atoms with Gasteiger partial charge in [-0.05, 0) is 44.2 Å². The zero-order valence-corrected chi connectivity index (χ0v) is 17.7. The molecule has 5 nitrogen and oxygen atoms in total. The van der Waals surface area contributed by atoms with Crippen LogP contribution >= 0.6 is 0 Å². The molecule has 0 bridgehead atoms. The Morgan fingerprint density at radius 1 is 1.13 bits per heavy atom. The minimum atomic E-state index is -0.478. The van der Waals surface area contributed by atoms with Gasteiger partial charge < -0.3 is 14.0 Å². The second kappa shape index (κ2) is 8.60. The Bertz CT molecular complexity index is 1260. The number of nitrogens with zero attached hydrogens (tertiary/aromatic N) is 2. The summed E-state index contributed by atoms with van der Waals surface area (Å²) in [5.41, 5.74) is 4.01. The van der Waals surface area contributed by atoms with Gasteiger partial charge in [0.15, 0.2) is 0 Å². The van der Waals surface area contributed by atoms with Gasteiger partial charge in [-0.3, -0.25) is 0 Å². The van der Waals surface area contributed by atoms with Crippen molar-refractivity contribution in [2.24, 2.45) is 0 Å². The fourth-order valence-electron chi connectivity index (χ4n) is 3.86. The summed E-state index contributed by atoms with van der Waals surface area (Å²) in [7, 11) is 1.54. The van der Waals surface area contributed by atoms with Crippen LogP contribution < -0.4 is 4.74 Å². The van der Waals surface area contributed by atoms with Gasteiger partial charge in [0.25, 0.3) is 0 Å². The third-order valence-electron chi connectivity index (χ3n) is 5.21. The normalized spacial score (nSPS) is 11.0. The largest absolute Gasteiger partial charge is 0.481 e. The molecule has 0 atom stereocenters. The third-order valence-corrected chi connectivity index (χ3v) is 5.21. The molecular formula is C25H23FN2O3. The Balaban J connectivity index is 2.08. The quantitative estimate of drug-likeness (QED) is 0.394. The van der Waals surface area contributed by atoms with Crippen LogP contribution in [0.1, 0.15) is 28.5 Å². The van der Waals surface area contributed by atoms with E-state index in [2.05, 4.69) is 4.98 Å². The number of methoxy groups -OCH3 is 1. The highest BCUT2D eigenvalue weighted by Gasteiger charge is 2.27. The lowest BCUT2D eigenvalue weighted by molar-refractivity contribution is 0.0516. The molecule has 0 aliphatic rings. The molecule has 0 unspecified atom stereocenters. The molecule has 0 aliphatic heterocycles. The molecule has 0 spiro atoms. The molecule has 158 valence electrons. The van der Waals surface area contributed by atoms with Gasteiger partial charge in [0.1, 0.15) is 11.5 Å². The number of pyridine rings is 1. The van der Waals surface area contributed by atoms with Gasteiger partial charge in [-0.15, -0.1) is 0 Å². The van der Waals surface area contributed by atoms with Crippen molar-refractivity contribution in [3.63, 3.8) is 0 Å². The Morgan fingerprint density at radius 3 is 2.68 bits per heavy atom. The Hall–Kier alpha value is -3.67. The van der Waals surface area contributed by atoms with Crippen LogP contribution in [0.25, 0.3) is 22.0 Å². The monoisotopic (exact) mass is 418 g/mol. The summed E-state index contributed by atoms with van der Waals surface area (Å²) >= 11 is 0. The first-order chi connectivity index (χ1) is 15.0. The number of aromatic nitrogens is 2. The first kappa shape index (κ1) is 20.6. The number of halogens is 1. The number of rotatable bonds is 6. The highest BCUT2D eigenvalue weighted by Crippen LogP contribution is 2.40. The summed E-state index contributed by atoms with van der Waals surface area (Å²) in [5, 5.41) is 0.852. The molecule has 4 aromatic rings. The smallest absolute Gasteiger partial charge is 0.355 e. The average molecular weight is 418 g/mol. The van der Waals surface area contributed by atoms with Crippen molar-refractivity contribution in [3.8, 4) is 17.0 Å². The molecule has 4 rings (SSSR count). The number of carbonyl (C=O) groups is 1. The van der Waals surface area contributed by atoms with Crippen LogP contribution in [0, 0.1) is 12.7 Å². The van der Waals surface area contributed by atoms with E-state index in [0.29, 0.717) is 28.3 Å². The van der Waals surface area contributed by atoms with Crippen molar-refractivity contribution in [2.45, 2.75) is 20.4 Å². The van der Waals surface area contributed by atoms with Crippen LogP contribution in [-0.4, -0.2) is 29.2 Å². The third kappa shape index (κ3) is 3.77. The van der Waals surface area contributed by atoms with E-state index in [0.717, 1.165) is 16.5 Å². The second-order valence-corrected chi connectivity index (χ2v) is 7.20. The Kier molecular flexibility index (Phi) is 5.71. The summed E-state index contributed by atoms with van der Waals surface area (Å²) in [5.74, 6) is -0.403. The summed E-state index contributed by atoms with van der Waals surface area (Å²) in [4.78, 5) is 17.5. The molecule has 2 aromatic heterocycles. The lowest BCUT2D eigenvalue weighted by Gasteiger charge is -2.13. The number of hydrogen-bond donors (Lipinski definition) is 0. The SMILES string of the molecule is CCOC(=O)c1c(-c2cccnc2OC)c2cc(C)ccc2n1Cc1ccccc1F. The number of aryl methyl sites for hydroxylation is 1. The number of carbonyl (C=O) groups excluding carboxylic acids is 1. The van der Waals surface area contributed by atoms with E-state index >= 15 is 0 Å². The fraction of sp³-hybridized carbons (Fsp3) is 0.200. The lowest BCUT2D eigenvalue weighted by atomic mass is 10.0. The summed E-state index contributed by atoms with van der Waals surface area (Å²) < 4.78 is 27.2. The maximum Gasteiger partial charge on any atom is 0.355 e. The topological polar surface area (TPSA) is 53.4 Å². The van der Waals surface area contributed by atoms with Gasteiger partial charge in [0, 0.05) is 33.8 Å². The van der Waals surface area contributed by atoms with Crippen LogP contribution in [0.3, 0.4) is 0 Å². The first-order valence-electron chi connectivity index (χ1n) is 10.1. The van der Waals surface area contributed by atoms with Crippen molar-refractivity contribution in [2.75, 3.05) is 13.7 Å². The van der Waals surface area contributed by atoms with Crippen molar-refractivity contribution in [1.29, 1.82) is 0 Å². The maximum absolute atomic E-state index is 14.5. The van der Waals surface area contributed by atoms with E-state index in [-0.39, 0.29) is 19.0 Å². The van der Waals surface area contributed by atoms with E-state index in [1.807, 2.05) is 35.8 Å². The van der Waals surface area contributed by atoms with Crippen LogP contribution in [0.5, 0.6) is 5.88 Å². The summed E-state index contributed by atoms with van der Waals surface area (Å²) in [6.45, 7) is 4.16. The standard InChI is InChI=1S/C25H23FN2O3/c1-4-31-25(29)23-22(18-9-7-13-27-24(18)30-3)19-14-16(2)11-12-21(19)28(23)15-17-8-5-6-10-20(17)26/h5-14H,4,15H2,1-3H3. The van der Waals surface area contributed by atoms with E-state index in [4.69, 9.17) is 9.47 Å². The van der Waals surface area contributed by atoms with Crippen LogP contribution in [0.15, 0.2) is 60.8 Å². The number of esters is 1. The molecule has 0 saturated carbocycles. The predicted octanol–water partition coefficient (Wildman–Crippen LogP) is 5.38. The highest BCUT2D eigenvalue weighted by molar-refractivity contribution is 6.09. The van der Waals surface area contributed by atoms with Crippen molar-refractivity contribution >= 4 is 16.9 Å². The molecule has 0 fully saturated rings. The Morgan fingerprint density at radius 2 is 1.94 bits per heavy atom. The average Bonchev–Trinajstić information content (AvgIpc) is 3.08. The maximum atomic E-state index is 14.5. The van der Waals surface area contributed by atoms with Crippen LogP contribution in [0.4, 0.5) is 4.39 Å². The van der Waals surface area contributed by atoms with E-state index < -0.39 is 5.97 Å². The molecule has 0 aliphatic carbocycles. The molecular weight excluding hydrogens is 395 g/mol. The van der Waals surface area contributed by atoms with Gasteiger partial charge in [0.05, 0.1) is 20.3 Å². The van der Waals surface area contributed by atoms with E-state index in [9.17, 15) is 9.18 Å². The molecule has 0 saturated heterocycles. The number of ether oxygens (including phenoxy) is 2.